The van der Waals surface area contributed by atoms with Crippen molar-refractivity contribution in [2.45, 2.75) is 37.8 Å². The summed E-state index contributed by atoms with van der Waals surface area (Å²) < 4.78 is 11.2. The average Bonchev–Trinajstić information content (AvgIpc) is 2.63. The van der Waals surface area contributed by atoms with E-state index in [4.69, 9.17) is 9.47 Å². The lowest BCUT2D eigenvalue weighted by Gasteiger charge is -2.43. The van der Waals surface area contributed by atoms with E-state index in [0.717, 1.165) is 45.4 Å². The molecule has 0 bridgehead atoms. The first-order valence-electron chi connectivity index (χ1n) is 8.95. The summed E-state index contributed by atoms with van der Waals surface area (Å²) in [7, 11) is 3.75. The van der Waals surface area contributed by atoms with Gasteiger partial charge in [0, 0.05) is 32.2 Å². The molecule has 1 heterocycles. The summed E-state index contributed by atoms with van der Waals surface area (Å²) in [6, 6.07) is 7.64. The first-order chi connectivity index (χ1) is 11.7. The molecule has 5 heteroatoms. The summed E-state index contributed by atoms with van der Waals surface area (Å²) in [4.78, 5) is 17.5. The van der Waals surface area contributed by atoms with Crippen LogP contribution in [0.4, 0.5) is 0 Å². The molecule has 1 aromatic rings. The first kappa shape index (κ1) is 17.2. The van der Waals surface area contributed by atoms with Crippen molar-refractivity contribution < 1.29 is 14.3 Å². The summed E-state index contributed by atoms with van der Waals surface area (Å²) in [5.41, 5.74) is 0.516. The van der Waals surface area contributed by atoms with Crippen LogP contribution in [-0.2, 0) is 4.74 Å². The molecule has 1 aromatic carbocycles. The molecule has 0 amide bonds. The Labute approximate surface area is 144 Å². The summed E-state index contributed by atoms with van der Waals surface area (Å²) in [6.07, 6.45) is 4.42. The number of carbonyl (C=O) groups is 1. The summed E-state index contributed by atoms with van der Waals surface area (Å²) >= 11 is 0. The van der Waals surface area contributed by atoms with Crippen molar-refractivity contribution >= 4 is 5.97 Å². The summed E-state index contributed by atoms with van der Waals surface area (Å²) in [5, 5.41) is 0. The molecule has 0 spiro atoms. The van der Waals surface area contributed by atoms with Crippen LogP contribution in [0.5, 0.6) is 5.75 Å². The second-order valence-electron chi connectivity index (χ2n) is 6.84. The van der Waals surface area contributed by atoms with Crippen molar-refractivity contribution in [3.8, 4) is 5.75 Å². The Morgan fingerprint density at radius 3 is 2.54 bits per heavy atom. The van der Waals surface area contributed by atoms with Crippen LogP contribution in [0.3, 0.4) is 0 Å². The number of carbonyl (C=O) groups excluding carboxylic acids is 1. The fourth-order valence-corrected chi connectivity index (χ4v) is 3.80. The minimum atomic E-state index is -0.265. The molecule has 1 saturated carbocycles. The molecular weight excluding hydrogens is 304 g/mol. The van der Waals surface area contributed by atoms with Gasteiger partial charge in [-0.1, -0.05) is 18.6 Å². The topological polar surface area (TPSA) is 42.0 Å². The van der Waals surface area contributed by atoms with Crippen LogP contribution < -0.4 is 4.74 Å². The second kappa shape index (κ2) is 7.99. The smallest absolute Gasteiger partial charge is 0.342 e. The minimum absolute atomic E-state index is 0.0143. The fourth-order valence-electron chi connectivity index (χ4n) is 3.80. The maximum Gasteiger partial charge on any atom is 0.342 e. The zero-order valence-electron chi connectivity index (χ0n) is 14.7. The van der Waals surface area contributed by atoms with Crippen molar-refractivity contribution in [3.63, 3.8) is 0 Å². The monoisotopic (exact) mass is 332 g/mol. The lowest BCUT2D eigenvalue weighted by Crippen LogP contribution is -2.54. The molecule has 0 radical (unpaired) electrons. The molecule has 2 aliphatic rings. The molecule has 0 N–H and O–H groups in total. The van der Waals surface area contributed by atoms with E-state index in [-0.39, 0.29) is 12.1 Å². The van der Waals surface area contributed by atoms with Crippen LogP contribution in [0.1, 0.15) is 36.0 Å². The first-order valence-corrected chi connectivity index (χ1v) is 8.95. The Balaban J connectivity index is 1.68. The molecule has 1 saturated heterocycles. The third-order valence-corrected chi connectivity index (χ3v) is 5.26. The molecule has 2 atom stereocenters. The Morgan fingerprint density at radius 2 is 1.79 bits per heavy atom. The Bertz CT molecular complexity index is 555. The van der Waals surface area contributed by atoms with Crippen molar-refractivity contribution in [1.82, 2.24) is 9.80 Å². The van der Waals surface area contributed by atoms with Gasteiger partial charge in [-0.05, 0) is 38.4 Å². The predicted octanol–water partition coefficient (Wildman–Crippen LogP) is 2.41. The van der Waals surface area contributed by atoms with E-state index in [9.17, 15) is 4.79 Å². The number of hydrogen-bond donors (Lipinski definition) is 0. The van der Waals surface area contributed by atoms with Crippen LogP contribution in [0.2, 0.25) is 0 Å². The normalized spacial score (nSPS) is 26.1. The highest BCUT2D eigenvalue weighted by atomic mass is 16.5. The highest BCUT2D eigenvalue weighted by molar-refractivity contribution is 5.92. The molecule has 0 aromatic heterocycles. The van der Waals surface area contributed by atoms with Crippen molar-refractivity contribution in [2.24, 2.45) is 0 Å². The van der Waals surface area contributed by atoms with Gasteiger partial charge in [-0.15, -0.1) is 0 Å². The van der Waals surface area contributed by atoms with E-state index in [2.05, 4.69) is 16.8 Å². The van der Waals surface area contributed by atoms with E-state index >= 15 is 0 Å². The van der Waals surface area contributed by atoms with Gasteiger partial charge >= 0.3 is 5.97 Å². The summed E-state index contributed by atoms with van der Waals surface area (Å²) in [6.45, 7) is 4.29. The quantitative estimate of drug-likeness (QED) is 0.792. The van der Waals surface area contributed by atoms with Crippen LogP contribution in [0.25, 0.3) is 0 Å². The number of hydrogen-bond acceptors (Lipinski definition) is 5. The van der Waals surface area contributed by atoms with Crippen LogP contribution in [0.15, 0.2) is 24.3 Å². The zero-order valence-corrected chi connectivity index (χ0v) is 14.7. The van der Waals surface area contributed by atoms with Gasteiger partial charge in [0.2, 0.25) is 0 Å². The number of benzene rings is 1. The largest absolute Gasteiger partial charge is 0.496 e. The lowest BCUT2D eigenvalue weighted by atomic mass is 9.90. The zero-order chi connectivity index (χ0) is 16.9. The predicted molar refractivity (Wildman–Crippen MR) is 93.5 cm³/mol. The summed E-state index contributed by atoms with van der Waals surface area (Å²) in [5.74, 6) is 0.313. The van der Waals surface area contributed by atoms with E-state index in [0.29, 0.717) is 17.4 Å². The highest BCUT2D eigenvalue weighted by Gasteiger charge is 2.34. The maximum atomic E-state index is 12.6. The third kappa shape index (κ3) is 3.90. The van der Waals surface area contributed by atoms with Gasteiger partial charge in [0.05, 0.1) is 7.11 Å². The minimum Gasteiger partial charge on any atom is -0.496 e. The van der Waals surface area contributed by atoms with E-state index < -0.39 is 0 Å². The molecule has 1 aliphatic heterocycles. The number of ether oxygens (including phenoxy) is 2. The molecule has 1 aliphatic carbocycles. The Morgan fingerprint density at radius 1 is 1.08 bits per heavy atom. The number of likely N-dealkylation sites (N-methyl/N-ethyl adjacent to an activating group) is 1. The van der Waals surface area contributed by atoms with E-state index in [1.807, 2.05) is 12.1 Å². The number of piperazine rings is 1. The van der Waals surface area contributed by atoms with Crippen LogP contribution in [-0.4, -0.2) is 68.3 Å². The second-order valence-corrected chi connectivity index (χ2v) is 6.84. The van der Waals surface area contributed by atoms with Gasteiger partial charge in [0.15, 0.2) is 0 Å². The number of methoxy groups -OCH3 is 1. The van der Waals surface area contributed by atoms with Gasteiger partial charge in [-0.3, -0.25) is 4.90 Å². The van der Waals surface area contributed by atoms with Crippen molar-refractivity contribution in [2.75, 3.05) is 40.3 Å². The molecule has 3 rings (SSSR count). The molecule has 132 valence electrons. The van der Waals surface area contributed by atoms with Gasteiger partial charge in [-0.25, -0.2) is 4.79 Å². The Kier molecular flexibility index (Phi) is 5.74. The SMILES string of the molecule is COc1ccccc1C(=O)O[C@@H]1CCCC[C@H]1N1CCN(C)CC1. The van der Waals surface area contributed by atoms with Gasteiger partial charge in [-0.2, -0.15) is 0 Å². The van der Waals surface area contributed by atoms with E-state index in [1.54, 1.807) is 19.2 Å². The van der Waals surface area contributed by atoms with Gasteiger partial charge in [0.25, 0.3) is 0 Å². The van der Waals surface area contributed by atoms with Crippen LogP contribution in [0, 0.1) is 0 Å². The van der Waals surface area contributed by atoms with Gasteiger partial charge in [0.1, 0.15) is 17.4 Å². The number of esters is 1. The Hall–Kier alpha value is -1.59. The lowest BCUT2D eigenvalue weighted by molar-refractivity contribution is -0.0273. The molecule has 5 nitrogen and oxygen atoms in total. The number of rotatable bonds is 4. The van der Waals surface area contributed by atoms with Crippen LogP contribution >= 0.6 is 0 Å². The third-order valence-electron chi connectivity index (χ3n) is 5.26. The highest BCUT2D eigenvalue weighted by Crippen LogP contribution is 2.28. The molecular formula is C19H28N2O3. The average molecular weight is 332 g/mol. The maximum absolute atomic E-state index is 12.6. The number of nitrogens with zero attached hydrogens (tertiary/aromatic N) is 2. The molecule has 24 heavy (non-hydrogen) atoms. The van der Waals surface area contributed by atoms with E-state index in [1.165, 1.54) is 6.42 Å². The fraction of sp³-hybridized carbons (Fsp3) is 0.632. The number of para-hydroxylation sites is 1. The molecule has 0 unspecified atom stereocenters. The standard InChI is InChI=1S/C19H28N2O3/c1-20-11-13-21(14-12-20)16-8-4-6-10-18(16)24-19(22)15-7-3-5-9-17(15)23-2/h3,5,7,9,16,18H,4,6,8,10-14H2,1-2H3/t16-,18-/m1/s1. The van der Waals surface area contributed by atoms with Crippen molar-refractivity contribution in [1.29, 1.82) is 0 Å². The molecule has 2 fully saturated rings. The van der Waals surface area contributed by atoms with Gasteiger partial charge < -0.3 is 14.4 Å². The van der Waals surface area contributed by atoms with Crippen molar-refractivity contribution in [3.05, 3.63) is 29.8 Å².